The lowest BCUT2D eigenvalue weighted by atomic mass is 10.1. The predicted molar refractivity (Wildman–Crippen MR) is 96.5 cm³/mol. The summed E-state index contributed by atoms with van der Waals surface area (Å²) in [5.74, 6) is -0.210. The van der Waals surface area contributed by atoms with Gasteiger partial charge < -0.3 is 28.7 Å². The first-order valence-corrected chi connectivity index (χ1v) is 8.70. The van der Waals surface area contributed by atoms with E-state index in [1.807, 2.05) is 0 Å². The van der Waals surface area contributed by atoms with Gasteiger partial charge in [-0.25, -0.2) is 0 Å². The van der Waals surface area contributed by atoms with Gasteiger partial charge in [0.05, 0.1) is 16.2 Å². The molecule has 0 amide bonds. The molecule has 0 aliphatic carbocycles. The lowest BCUT2D eigenvalue weighted by Gasteiger charge is -2.19. The number of rotatable bonds is 3. The maximum absolute atomic E-state index is 11.4. The summed E-state index contributed by atoms with van der Waals surface area (Å²) in [4.78, 5) is 17.1. The van der Waals surface area contributed by atoms with Gasteiger partial charge in [-0.05, 0) is 29.4 Å². The van der Waals surface area contributed by atoms with Crippen LogP contribution in [0.5, 0.6) is 5.88 Å². The van der Waals surface area contributed by atoms with Gasteiger partial charge in [-0.3, -0.25) is 0 Å². The first kappa shape index (κ1) is 15.7. The smallest absolute Gasteiger partial charge is 0.199 e. The first-order valence-electron chi connectivity index (χ1n) is 7.20. The van der Waals surface area contributed by atoms with Crippen LogP contribution in [-0.4, -0.2) is 28.7 Å². The molecule has 0 atom stereocenters. The highest BCUT2D eigenvalue weighted by Gasteiger charge is 2.23. The summed E-state index contributed by atoms with van der Waals surface area (Å²) in [6, 6.07) is 11.2. The highest BCUT2D eigenvalue weighted by molar-refractivity contribution is 8.19. The van der Waals surface area contributed by atoms with Gasteiger partial charge in [-0.15, -0.1) is 4.91 Å². The number of aromatic amines is 2. The summed E-state index contributed by atoms with van der Waals surface area (Å²) >= 11 is 0. The van der Waals surface area contributed by atoms with Crippen LogP contribution in [0.15, 0.2) is 52.5 Å². The fourth-order valence-electron chi connectivity index (χ4n) is 2.98. The first-order chi connectivity index (χ1) is 11.9. The van der Waals surface area contributed by atoms with Gasteiger partial charge in [-0.2, -0.15) is 0 Å². The molecule has 4 rings (SSSR count). The van der Waals surface area contributed by atoms with E-state index >= 15 is 0 Å². The van der Waals surface area contributed by atoms with Crippen LogP contribution < -0.4 is 0 Å². The van der Waals surface area contributed by atoms with Crippen molar-refractivity contribution in [3.05, 3.63) is 47.4 Å². The van der Waals surface area contributed by atoms with E-state index in [-0.39, 0.29) is 22.0 Å². The summed E-state index contributed by atoms with van der Waals surface area (Å²) in [5.41, 5.74) is 1.85. The fourth-order valence-corrected chi connectivity index (χ4v) is 3.51. The molecule has 25 heavy (non-hydrogen) atoms. The second-order valence-corrected chi connectivity index (χ2v) is 7.07. The van der Waals surface area contributed by atoms with Crippen molar-refractivity contribution < 1.29 is 18.8 Å². The van der Waals surface area contributed by atoms with Crippen LogP contribution in [0.25, 0.3) is 33.1 Å². The zero-order chi connectivity index (χ0) is 17.8. The molecule has 128 valence electrons. The van der Waals surface area contributed by atoms with Crippen LogP contribution >= 0.6 is 10.9 Å². The number of hydrogen-bond donors (Lipinski definition) is 6. The minimum atomic E-state index is -3.92. The van der Waals surface area contributed by atoms with Gasteiger partial charge in [-0.1, -0.05) is 18.2 Å². The van der Waals surface area contributed by atoms with Crippen LogP contribution in [0.2, 0.25) is 0 Å². The lowest BCUT2D eigenvalue weighted by molar-refractivity contribution is 0.376. The molecule has 0 saturated carbocycles. The third-order valence-corrected chi connectivity index (χ3v) is 4.97. The topological polar surface area (TPSA) is 142 Å². The molecule has 2 aromatic carbocycles. The molecule has 0 aliphatic heterocycles. The molecule has 0 fully saturated rings. The van der Waals surface area contributed by atoms with Crippen molar-refractivity contribution in [2.24, 2.45) is 5.18 Å². The number of benzene rings is 2. The Balaban J connectivity index is 2.07. The highest BCUT2D eigenvalue weighted by atomic mass is 32.3. The second kappa shape index (κ2) is 5.33. The molecule has 0 aliphatic rings. The Morgan fingerprint density at radius 3 is 2.36 bits per heavy atom. The summed E-state index contributed by atoms with van der Waals surface area (Å²) in [6.45, 7) is 0. The summed E-state index contributed by atoms with van der Waals surface area (Å²) in [7, 11) is -3.92. The van der Waals surface area contributed by atoms with Crippen molar-refractivity contribution in [2.75, 3.05) is 0 Å². The molecule has 6 N–H and O–H groups in total. The van der Waals surface area contributed by atoms with Crippen molar-refractivity contribution in [3.63, 3.8) is 0 Å². The quantitative estimate of drug-likeness (QED) is 0.285. The summed E-state index contributed by atoms with van der Waals surface area (Å²) < 4.78 is 28.4. The molecule has 9 heteroatoms. The van der Waals surface area contributed by atoms with E-state index in [0.29, 0.717) is 27.5 Å². The van der Waals surface area contributed by atoms with Crippen LogP contribution in [0.3, 0.4) is 0 Å². The molecule has 2 heterocycles. The number of nitrogens with one attached hydrogen (secondary N) is 2. The largest absolute Gasteiger partial charge is 0.494 e. The molecule has 4 aromatic rings. The third-order valence-electron chi connectivity index (χ3n) is 4.09. The molecule has 0 unspecified atom stereocenters. The Hall–Kier alpha value is -2.85. The van der Waals surface area contributed by atoms with Gasteiger partial charge in [0, 0.05) is 21.8 Å². The van der Waals surface area contributed by atoms with E-state index in [4.69, 9.17) is 0 Å². The van der Waals surface area contributed by atoms with Crippen LogP contribution in [-0.2, 0) is 0 Å². The number of fused-ring (bicyclic) bond motifs is 2. The second-order valence-electron chi connectivity index (χ2n) is 5.56. The number of para-hydroxylation sites is 1. The minimum absolute atomic E-state index is 0.100. The van der Waals surface area contributed by atoms with Crippen molar-refractivity contribution in [3.8, 4) is 17.1 Å². The van der Waals surface area contributed by atoms with E-state index in [9.17, 15) is 23.7 Å². The fraction of sp³-hybridized carbons (Fsp3) is 0. The normalized spacial score (nSPS) is 12.8. The Morgan fingerprint density at radius 1 is 0.920 bits per heavy atom. The van der Waals surface area contributed by atoms with E-state index in [1.54, 1.807) is 24.3 Å². The van der Waals surface area contributed by atoms with Gasteiger partial charge in [0.15, 0.2) is 5.88 Å². The van der Waals surface area contributed by atoms with E-state index in [0.717, 1.165) is 0 Å². The zero-order valence-corrected chi connectivity index (χ0v) is 13.4. The lowest BCUT2D eigenvalue weighted by Crippen LogP contribution is -1.95. The third kappa shape index (κ3) is 2.37. The number of aromatic hydroxyl groups is 1. The maximum atomic E-state index is 11.4. The maximum Gasteiger partial charge on any atom is 0.199 e. The molecule has 0 saturated heterocycles. The van der Waals surface area contributed by atoms with Crippen molar-refractivity contribution in [2.45, 2.75) is 4.90 Å². The van der Waals surface area contributed by atoms with E-state index in [1.165, 1.54) is 18.2 Å². The van der Waals surface area contributed by atoms with Crippen LogP contribution in [0.4, 0.5) is 5.69 Å². The average molecular weight is 359 g/mol. The average Bonchev–Trinajstić information content (AvgIpc) is 3.08. The minimum Gasteiger partial charge on any atom is -0.494 e. The summed E-state index contributed by atoms with van der Waals surface area (Å²) in [5, 5.41) is 14.4. The highest BCUT2D eigenvalue weighted by Crippen LogP contribution is 2.48. The number of nitrogens with zero attached hydrogens (tertiary/aromatic N) is 1. The van der Waals surface area contributed by atoms with Crippen molar-refractivity contribution in [1.29, 1.82) is 0 Å². The molecule has 0 radical (unpaired) electrons. The number of aromatic nitrogens is 2. The van der Waals surface area contributed by atoms with Crippen LogP contribution in [0.1, 0.15) is 0 Å². The molecule has 2 aromatic heterocycles. The van der Waals surface area contributed by atoms with Crippen molar-refractivity contribution in [1.82, 2.24) is 9.97 Å². The zero-order valence-electron chi connectivity index (χ0n) is 12.6. The van der Waals surface area contributed by atoms with Crippen molar-refractivity contribution >= 4 is 38.4 Å². The monoisotopic (exact) mass is 359 g/mol. The van der Waals surface area contributed by atoms with Gasteiger partial charge in [0.1, 0.15) is 16.6 Å². The molecular formula is C16H13N3O5S. The van der Waals surface area contributed by atoms with Gasteiger partial charge in [0.25, 0.3) is 0 Å². The van der Waals surface area contributed by atoms with E-state index in [2.05, 4.69) is 15.1 Å². The predicted octanol–water partition coefficient (Wildman–Crippen LogP) is 5.00. The number of hydrogen-bond acceptors (Lipinski definition) is 6. The van der Waals surface area contributed by atoms with Gasteiger partial charge >= 0.3 is 0 Å². The van der Waals surface area contributed by atoms with E-state index < -0.39 is 10.9 Å². The number of nitroso groups, excluding NO2 is 1. The summed E-state index contributed by atoms with van der Waals surface area (Å²) in [6.07, 6.45) is 0. The Kier molecular flexibility index (Phi) is 3.34. The van der Waals surface area contributed by atoms with Gasteiger partial charge in [0.2, 0.25) is 0 Å². The number of H-pyrrole nitrogens is 2. The Morgan fingerprint density at radius 2 is 1.64 bits per heavy atom. The molecule has 8 nitrogen and oxygen atoms in total. The molecular weight excluding hydrogens is 346 g/mol. The standard InChI is InChI=1S/C16H13N3O5S/c20-16-13(10-7-8(25(22,23)24)5-6-12(10)18-16)15-14(19-21)9-3-1-2-4-11(9)17-15/h1-7,17-18,20,22-24H. The van der Waals surface area contributed by atoms with Crippen LogP contribution in [0, 0.1) is 4.91 Å². The molecule has 0 bridgehead atoms. The Labute approximate surface area is 142 Å². The SMILES string of the molecule is O=Nc1c(-c2c(O)[nH]c3ccc(S(O)(O)O)cc23)[nH]c2ccccc12. The Bertz CT molecular complexity index is 1130. The molecule has 0 spiro atoms.